The van der Waals surface area contributed by atoms with Gasteiger partial charge in [-0.25, -0.2) is 28.1 Å². The standard InChI is InChI=1S/C25H24F2N8O/c1-2-9-34-23(36)20-13-30-24(31-18-4-3-16-5-7-28-12-17(16)10-18)32-22(20)35(34)19-6-8-29-21(11-19)33-14-25(26,27)15-33/h2-4,6,8,10-11,13,28H,1,5,7,9,12,14-15H2,(H,30,31,32). The molecular formula is C25H24F2N8O. The number of hydrogen-bond donors (Lipinski definition) is 2. The Bertz CT molecular complexity index is 1540. The maximum Gasteiger partial charge on any atom is 0.282 e. The summed E-state index contributed by atoms with van der Waals surface area (Å²) in [5, 5.41) is 6.95. The van der Waals surface area contributed by atoms with E-state index in [0.717, 1.165) is 25.2 Å². The zero-order valence-electron chi connectivity index (χ0n) is 19.4. The Kier molecular flexibility index (Phi) is 5.29. The van der Waals surface area contributed by atoms with Gasteiger partial charge in [0.05, 0.1) is 25.3 Å². The summed E-state index contributed by atoms with van der Waals surface area (Å²) in [4.78, 5) is 28.0. The van der Waals surface area contributed by atoms with Gasteiger partial charge in [0, 0.05) is 30.7 Å². The highest BCUT2D eigenvalue weighted by atomic mass is 19.3. The molecular weight excluding hydrogens is 466 g/mol. The average molecular weight is 491 g/mol. The third-order valence-electron chi connectivity index (χ3n) is 6.47. The molecule has 3 aromatic heterocycles. The van der Waals surface area contributed by atoms with E-state index in [1.807, 2.05) is 6.07 Å². The number of rotatable bonds is 6. The first-order chi connectivity index (χ1) is 17.4. The summed E-state index contributed by atoms with van der Waals surface area (Å²) in [5.74, 6) is -1.97. The second-order valence-electron chi connectivity index (χ2n) is 9.04. The summed E-state index contributed by atoms with van der Waals surface area (Å²) in [6.45, 7) is 5.00. The van der Waals surface area contributed by atoms with Crippen LogP contribution in [0.1, 0.15) is 11.1 Å². The number of nitrogens with zero attached hydrogens (tertiary/aromatic N) is 6. The molecule has 1 fully saturated rings. The highest BCUT2D eigenvalue weighted by Gasteiger charge is 2.44. The Morgan fingerprint density at radius 2 is 2.03 bits per heavy atom. The van der Waals surface area contributed by atoms with Crippen LogP contribution >= 0.6 is 0 Å². The van der Waals surface area contributed by atoms with E-state index in [-0.39, 0.29) is 25.2 Å². The van der Waals surface area contributed by atoms with Gasteiger partial charge in [-0.1, -0.05) is 12.1 Å². The van der Waals surface area contributed by atoms with E-state index in [4.69, 9.17) is 0 Å². The van der Waals surface area contributed by atoms with Crippen LogP contribution < -0.4 is 21.1 Å². The van der Waals surface area contributed by atoms with Gasteiger partial charge in [-0.2, -0.15) is 4.98 Å². The molecule has 4 aromatic rings. The number of halogens is 2. The number of aromatic nitrogens is 5. The molecule has 9 nitrogen and oxygen atoms in total. The van der Waals surface area contributed by atoms with Gasteiger partial charge in [0.15, 0.2) is 5.65 Å². The highest BCUT2D eigenvalue weighted by molar-refractivity contribution is 5.77. The van der Waals surface area contributed by atoms with Gasteiger partial charge in [-0.05, 0) is 42.3 Å². The van der Waals surface area contributed by atoms with Crippen molar-refractivity contribution in [3.05, 3.63) is 76.9 Å². The van der Waals surface area contributed by atoms with Crippen molar-refractivity contribution < 1.29 is 8.78 Å². The largest absolute Gasteiger partial charge is 0.344 e. The van der Waals surface area contributed by atoms with Crippen molar-refractivity contribution in [1.82, 2.24) is 29.6 Å². The number of benzene rings is 1. The first kappa shape index (κ1) is 22.4. The Hall–Kier alpha value is -4.12. The lowest BCUT2D eigenvalue weighted by Crippen LogP contribution is -2.56. The normalized spacial score (nSPS) is 16.4. The van der Waals surface area contributed by atoms with Gasteiger partial charge < -0.3 is 15.5 Å². The van der Waals surface area contributed by atoms with Gasteiger partial charge >= 0.3 is 0 Å². The van der Waals surface area contributed by atoms with Crippen LogP contribution in [-0.2, 0) is 19.5 Å². The summed E-state index contributed by atoms with van der Waals surface area (Å²) in [7, 11) is 0. The lowest BCUT2D eigenvalue weighted by molar-refractivity contribution is -0.0267. The van der Waals surface area contributed by atoms with Crippen LogP contribution in [0, 0.1) is 0 Å². The van der Waals surface area contributed by atoms with Crippen LogP contribution in [0.3, 0.4) is 0 Å². The third kappa shape index (κ3) is 3.91. The van der Waals surface area contributed by atoms with Gasteiger partial charge in [0.25, 0.3) is 11.5 Å². The van der Waals surface area contributed by atoms with E-state index in [9.17, 15) is 13.6 Å². The average Bonchev–Trinajstić information content (AvgIpc) is 3.13. The molecule has 0 atom stereocenters. The lowest BCUT2D eigenvalue weighted by Gasteiger charge is -2.39. The van der Waals surface area contributed by atoms with E-state index in [1.54, 1.807) is 22.9 Å². The molecule has 36 heavy (non-hydrogen) atoms. The lowest BCUT2D eigenvalue weighted by atomic mass is 10.0. The van der Waals surface area contributed by atoms with Crippen LogP contribution in [-0.4, -0.2) is 49.9 Å². The zero-order chi connectivity index (χ0) is 24.9. The maximum atomic E-state index is 13.4. The number of fused-ring (bicyclic) bond motifs is 2. The minimum Gasteiger partial charge on any atom is -0.344 e. The van der Waals surface area contributed by atoms with E-state index in [2.05, 4.69) is 44.3 Å². The minimum atomic E-state index is -2.72. The van der Waals surface area contributed by atoms with Crippen molar-refractivity contribution in [2.24, 2.45) is 0 Å². The van der Waals surface area contributed by atoms with E-state index in [1.165, 1.54) is 33.1 Å². The number of allylic oxidation sites excluding steroid dienone is 1. The quantitative estimate of drug-likeness (QED) is 0.402. The van der Waals surface area contributed by atoms with Gasteiger partial charge in [0.2, 0.25) is 5.95 Å². The van der Waals surface area contributed by atoms with Crippen LogP contribution in [0.5, 0.6) is 0 Å². The van der Waals surface area contributed by atoms with E-state index >= 15 is 0 Å². The molecule has 0 bridgehead atoms. The monoisotopic (exact) mass is 490 g/mol. The number of pyridine rings is 1. The summed E-state index contributed by atoms with van der Waals surface area (Å²) < 4.78 is 30.0. The predicted octanol–water partition coefficient (Wildman–Crippen LogP) is 3.01. The fourth-order valence-electron chi connectivity index (χ4n) is 4.71. The predicted molar refractivity (Wildman–Crippen MR) is 133 cm³/mol. The topological polar surface area (TPSA) is 92.9 Å². The second-order valence-corrected chi connectivity index (χ2v) is 9.04. The summed E-state index contributed by atoms with van der Waals surface area (Å²) in [6.07, 6.45) is 5.64. The van der Waals surface area contributed by atoms with Gasteiger partial charge in [-0.3, -0.25) is 4.79 Å². The van der Waals surface area contributed by atoms with E-state index < -0.39 is 5.92 Å². The number of alkyl halides is 2. The molecule has 0 unspecified atom stereocenters. The van der Waals surface area contributed by atoms with Crippen molar-refractivity contribution in [1.29, 1.82) is 0 Å². The van der Waals surface area contributed by atoms with Gasteiger partial charge in [-0.15, -0.1) is 6.58 Å². The molecule has 11 heteroatoms. The molecule has 0 amide bonds. The first-order valence-corrected chi connectivity index (χ1v) is 11.7. The van der Waals surface area contributed by atoms with Crippen molar-refractivity contribution in [3.63, 3.8) is 0 Å². The summed E-state index contributed by atoms with van der Waals surface area (Å²) in [6, 6.07) is 9.56. The molecule has 6 rings (SSSR count). The molecule has 5 heterocycles. The Balaban J connectivity index is 1.41. The molecule has 0 saturated carbocycles. The van der Waals surface area contributed by atoms with E-state index in [0.29, 0.717) is 28.5 Å². The molecule has 0 aliphatic carbocycles. The number of anilines is 3. The Morgan fingerprint density at radius 1 is 1.17 bits per heavy atom. The van der Waals surface area contributed by atoms with Crippen LogP contribution in [0.2, 0.25) is 0 Å². The zero-order valence-corrected chi connectivity index (χ0v) is 19.4. The molecule has 2 N–H and O–H groups in total. The van der Waals surface area contributed by atoms with Crippen molar-refractivity contribution in [3.8, 4) is 5.69 Å². The maximum absolute atomic E-state index is 13.4. The SMILES string of the molecule is C=CCn1c(=O)c2cnc(Nc3ccc4c(c3)CNCC4)nc2n1-c1ccnc(N2CC(F)(F)C2)c1. The number of nitrogens with one attached hydrogen (secondary N) is 2. The first-order valence-electron chi connectivity index (χ1n) is 11.7. The Labute approximate surface area is 205 Å². The number of hydrogen-bond acceptors (Lipinski definition) is 7. The van der Waals surface area contributed by atoms with Crippen LogP contribution in [0.4, 0.5) is 26.2 Å². The summed E-state index contributed by atoms with van der Waals surface area (Å²) >= 11 is 0. The molecule has 1 saturated heterocycles. The van der Waals surface area contributed by atoms with Crippen LogP contribution in [0.15, 0.2) is 60.2 Å². The van der Waals surface area contributed by atoms with Gasteiger partial charge in [0.1, 0.15) is 11.2 Å². The highest BCUT2D eigenvalue weighted by Crippen LogP contribution is 2.31. The smallest absolute Gasteiger partial charge is 0.282 e. The molecule has 1 aromatic carbocycles. The second kappa shape index (κ2) is 8.52. The molecule has 184 valence electrons. The molecule has 2 aliphatic rings. The minimum absolute atomic E-state index is 0.231. The molecule has 0 radical (unpaired) electrons. The third-order valence-corrected chi connectivity index (χ3v) is 6.47. The van der Waals surface area contributed by atoms with Crippen molar-refractivity contribution in [2.45, 2.75) is 25.4 Å². The fraction of sp³-hybridized carbons (Fsp3) is 0.280. The van der Waals surface area contributed by atoms with Crippen molar-refractivity contribution in [2.75, 3.05) is 29.9 Å². The molecule has 2 aliphatic heterocycles. The van der Waals surface area contributed by atoms with Crippen molar-refractivity contribution >= 4 is 28.5 Å². The summed E-state index contributed by atoms with van der Waals surface area (Å²) in [5.41, 5.74) is 4.09. The fourth-order valence-corrected chi connectivity index (χ4v) is 4.71. The molecule has 0 spiro atoms. The van der Waals surface area contributed by atoms with Crippen LogP contribution in [0.25, 0.3) is 16.7 Å². The Morgan fingerprint density at radius 3 is 2.83 bits per heavy atom.